The van der Waals surface area contributed by atoms with Crippen molar-refractivity contribution in [3.05, 3.63) is 76.7 Å². The molecule has 0 saturated carbocycles. The van der Waals surface area contributed by atoms with E-state index in [4.69, 9.17) is 10.0 Å². The van der Waals surface area contributed by atoms with Crippen LogP contribution in [0.4, 0.5) is 0 Å². The fourth-order valence-corrected chi connectivity index (χ4v) is 2.35. The minimum Gasteiger partial charge on any atom is -0.423 e. The smallest absolute Gasteiger partial charge is 0.423 e. The zero-order chi connectivity index (χ0) is 14.8. The highest BCUT2D eigenvalue weighted by atomic mass is 16.4. The molecule has 4 nitrogen and oxygen atoms in total. The molecule has 0 saturated heterocycles. The second kappa shape index (κ2) is 5.56. The molecule has 21 heavy (non-hydrogen) atoms. The van der Waals surface area contributed by atoms with E-state index in [-0.39, 0.29) is 5.56 Å². The van der Waals surface area contributed by atoms with Crippen LogP contribution in [-0.2, 0) is 6.54 Å². The van der Waals surface area contributed by atoms with Crippen molar-refractivity contribution in [2.24, 2.45) is 0 Å². The maximum absolute atomic E-state index is 12.4. The Morgan fingerprint density at radius 2 is 1.67 bits per heavy atom. The van der Waals surface area contributed by atoms with Crippen LogP contribution in [0.1, 0.15) is 5.56 Å². The molecule has 1 aromatic heterocycles. The SMILES string of the molecule is O=c1c2ccccc2ccn1Cc1ccc(B(O)O)cc1. The number of hydrogen-bond acceptors (Lipinski definition) is 3. The van der Waals surface area contributed by atoms with E-state index in [9.17, 15) is 4.79 Å². The molecule has 0 aliphatic rings. The van der Waals surface area contributed by atoms with Crippen LogP contribution in [0.25, 0.3) is 10.8 Å². The van der Waals surface area contributed by atoms with Crippen LogP contribution in [0, 0.1) is 0 Å². The van der Waals surface area contributed by atoms with Crippen molar-refractivity contribution in [1.29, 1.82) is 0 Å². The van der Waals surface area contributed by atoms with Crippen molar-refractivity contribution in [1.82, 2.24) is 4.57 Å². The Labute approximate surface area is 122 Å². The van der Waals surface area contributed by atoms with E-state index in [1.807, 2.05) is 30.3 Å². The standard InChI is InChI=1S/C16H14BNO3/c19-16-15-4-2-1-3-13(15)9-10-18(16)11-12-5-7-14(8-6-12)17(20)21/h1-10,20-21H,11H2. The largest absolute Gasteiger partial charge is 0.488 e. The molecule has 3 aromatic rings. The first-order valence-electron chi connectivity index (χ1n) is 6.68. The Morgan fingerprint density at radius 1 is 0.952 bits per heavy atom. The number of pyridine rings is 1. The predicted octanol–water partition coefficient (Wildman–Crippen LogP) is 0.730. The van der Waals surface area contributed by atoms with Crippen LogP contribution in [0.3, 0.4) is 0 Å². The summed E-state index contributed by atoms with van der Waals surface area (Å²) in [5.74, 6) is 0. The summed E-state index contributed by atoms with van der Waals surface area (Å²) >= 11 is 0. The summed E-state index contributed by atoms with van der Waals surface area (Å²) in [5, 5.41) is 19.8. The second-order valence-electron chi connectivity index (χ2n) is 4.95. The third kappa shape index (κ3) is 2.74. The van der Waals surface area contributed by atoms with Crippen LogP contribution in [0.15, 0.2) is 65.6 Å². The summed E-state index contributed by atoms with van der Waals surface area (Å²) in [7, 11) is -1.47. The molecule has 0 spiro atoms. The van der Waals surface area contributed by atoms with Crippen molar-refractivity contribution in [3.8, 4) is 0 Å². The van der Waals surface area contributed by atoms with Crippen LogP contribution in [-0.4, -0.2) is 21.7 Å². The first-order valence-corrected chi connectivity index (χ1v) is 6.68. The highest BCUT2D eigenvalue weighted by molar-refractivity contribution is 6.58. The quantitative estimate of drug-likeness (QED) is 0.695. The van der Waals surface area contributed by atoms with Gasteiger partial charge in [0.25, 0.3) is 5.56 Å². The molecule has 0 unspecified atom stereocenters. The molecule has 1 heterocycles. The lowest BCUT2D eigenvalue weighted by Crippen LogP contribution is -2.29. The van der Waals surface area contributed by atoms with Gasteiger partial charge in [-0.1, -0.05) is 42.5 Å². The van der Waals surface area contributed by atoms with E-state index < -0.39 is 7.12 Å². The van der Waals surface area contributed by atoms with Gasteiger partial charge in [-0.2, -0.15) is 0 Å². The molecule has 2 aromatic carbocycles. The van der Waals surface area contributed by atoms with Crippen LogP contribution in [0.5, 0.6) is 0 Å². The summed E-state index contributed by atoms with van der Waals surface area (Å²) in [6.45, 7) is 0.450. The van der Waals surface area contributed by atoms with Crippen molar-refractivity contribution >= 4 is 23.4 Å². The molecule has 0 amide bonds. The summed E-state index contributed by atoms with van der Waals surface area (Å²) in [6.07, 6.45) is 1.78. The highest BCUT2D eigenvalue weighted by Crippen LogP contribution is 2.09. The maximum Gasteiger partial charge on any atom is 0.488 e. The van der Waals surface area contributed by atoms with Crippen LogP contribution >= 0.6 is 0 Å². The molecular formula is C16H14BNO3. The fraction of sp³-hybridized carbons (Fsp3) is 0.0625. The Balaban J connectivity index is 1.94. The van der Waals surface area contributed by atoms with Gasteiger partial charge in [-0.3, -0.25) is 4.79 Å². The van der Waals surface area contributed by atoms with Crippen LogP contribution in [0.2, 0.25) is 0 Å². The van der Waals surface area contributed by atoms with Gasteiger partial charge in [-0.25, -0.2) is 0 Å². The monoisotopic (exact) mass is 279 g/mol. The summed E-state index contributed by atoms with van der Waals surface area (Å²) in [6, 6.07) is 16.3. The third-order valence-corrected chi connectivity index (χ3v) is 3.52. The number of aromatic nitrogens is 1. The number of hydrogen-bond donors (Lipinski definition) is 2. The minimum absolute atomic E-state index is 0.0284. The molecule has 0 radical (unpaired) electrons. The first kappa shape index (κ1) is 13.6. The van der Waals surface area contributed by atoms with E-state index in [0.29, 0.717) is 17.4 Å². The van der Waals surface area contributed by atoms with Gasteiger partial charge in [-0.15, -0.1) is 0 Å². The number of fused-ring (bicyclic) bond motifs is 1. The second-order valence-corrected chi connectivity index (χ2v) is 4.95. The molecule has 0 aliphatic carbocycles. The first-order chi connectivity index (χ1) is 10.1. The molecule has 2 N–H and O–H groups in total. The molecule has 104 valence electrons. The zero-order valence-corrected chi connectivity index (χ0v) is 11.3. The molecular weight excluding hydrogens is 265 g/mol. The van der Waals surface area contributed by atoms with Gasteiger partial charge >= 0.3 is 7.12 Å². The molecule has 0 aliphatic heterocycles. The van der Waals surface area contributed by atoms with Gasteiger partial charge < -0.3 is 14.6 Å². The average molecular weight is 279 g/mol. The topological polar surface area (TPSA) is 62.5 Å². The highest BCUT2D eigenvalue weighted by Gasteiger charge is 2.10. The Kier molecular flexibility index (Phi) is 3.60. The van der Waals surface area contributed by atoms with Crippen molar-refractivity contribution in [2.45, 2.75) is 6.54 Å². The number of rotatable bonds is 3. The van der Waals surface area contributed by atoms with Gasteiger partial charge in [0.15, 0.2) is 0 Å². The van der Waals surface area contributed by atoms with E-state index in [2.05, 4.69) is 0 Å². The van der Waals surface area contributed by atoms with Gasteiger partial charge in [0.05, 0.1) is 6.54 Å². The number of nitrogens with zero attached hydrogens (tertiary/aromatic N) is 1. The third-order valence-electron chi connectivity index (χ3n) is 3.52. The van der Waals surface area contributed by atoms with E-state index >= 15 is 0 Å². The molecule has 3 rings (SSSR count). The van der Waals surface area contributed by atoms with Gasteiger partial charge in [0.1, 0.15) is 0 Å². The Hall–Kier alpha value is -2.37. The number of benzene rings is 2. The molecule has 0 bridgehead atoms. The summed E-state index contributed by atoms with van der Waals surface area (Å²) in [5.41, 5.74) is 1.33. The van der Waals surface area contributed by atoms with E-state index in [1.165, 1.54) is 0 Å². The van der Waals surface area contributed by atoms with Crippen LogP contribution < -0.4 is 11.0 Å². The Morgan fingerprint density at radius 3 is 2.38 bits per heavy atom. The zero-order valence-electron chi connectivity index (χ0n) is 11.3. The van der Waals surface area contributed by atoms with Crippen molar-refractivity contribution < 1.29 is 10.0 Å². The lowest BCUT2D eigenvalue weighted by Gasteiger charge is -2.08. The normalized spacial score (nSPS) is 10.8. The summed E-state index contributed by atoms with van der Waals surface area (Å²) < 4.78 is 1.65. The predicted molar refractivity (Wildman–Crippen MR) is 83.6 cm³/mol. The van der Waals surface area contributed by atoms with Gasteiger partial charge in [0, 0.05) is 11.6 Å². The average Bonchev–Trinajstić information content (AvgIpc) is 2.51. The summed E-state index contributed by atoms with van der Waals surface area (Å²) in [4.78, 5) is 12.4. The Bertz CT molecular complexity index is 825. The van der Waals surface area contributed by atoms with Gasteiger partial charge in [-0.05, 0) is 28.5 Å². The van der Waals surface area contributed by atoms with Gasteiger partial charge in [0.2, 0.25) is 0 Å². The lowest BCUT2D eigenvalue weighted by molar-refractivity contribution is 0.426. The molecule has 0 fully saturated rings. The minimum atomic E-state index is -1.47. The lowest BCUT2D eigenvalue weighted by atomic mass is 9.80. The molecule has 0 atom stereocenters. The van der Waals surface area contributed by atoms with Crippen molar-refractivity contribution in [3.63, 3.8) is 0 Å². The van der Waals surface area contributed by atoms with E-state index in [1.54, 1.807) is 35.0 Å². The fourth-order valence-electron chi connectivity index (χ4n) is 2.35. The maximum atomic E-state index is 12.4. The van der Waals surface area contributed by atoms with E-state index in [0.717, 1.165) is 10.9 Å². The van der Waals surface area contributed by atoms with Crippen molar-refractivity contribution in [2.75, 3.05) is 0 Å². The molecule has 5 heteroatoms.